The van der Waals surface area contributed by atoms with Gasteiger partial charge in [-0.2, -0.15) is 0 Å². The molecule has 0 saturated carbocycles. The Hall–Kier alpha value is -2.99. The minimum absolute atomic E-state index is 0.159. The fourth-order valence-corrected chi connectivity index (χ4v) is 2.97. The van der Waals surface area contributed by atoms with Crippen molar-refractivity contribution in [2.24, 2.45) is 0 Å². The quantitative estimate of drug-likeness (QED) is 0.696. The van der Waals surface area contributed by atoms with Gasteiger partial charge in [0.2, 0.25) is 0 Å². The summed E-state index contributed by atoms with van der Waals surface area (Å²) in [6.45, 7) is 5.36. The molecule has 2 heterocycles. The minimum atomic E-state index is -0.769. The van der Waals surface area contributed by atoms with E-state index >= 15 is 0 Å². The molecular formula is C22H24FNO4. The highest BCUT2D eigenvalue weighted by Crippen LogP contribution is 2.18. The number of hydrogen-bond donors (Lipinski definition) is 1. The van der Waals surface area contributed by atoms with Crippen LogP contribution in [0.2, 0.25) is 0 Å². The highest BCUT2D eigenvalue weighted by Gasteiger charge is 2.16. The topological polar surface area (TPSA) is 68.0 Å². The van der Waals surface area contributed by atoms with Crippen LogP contribution in [0.25, 0.3) is 5.52 Å². The molecule has 3 aromatic rings. The summed E-state index contributed by atoms with van der Waals surface area (Å²) >= 11 is 0. The van der Waals surface area contributed by atoms with Crippen molar-refractivity contribution < 1.29 is 19.0 Å². The van der Waals surface area contributed by atoms with Gasteiger partial charge in [0.25, 0.3) is 5.56 Å². The lowest BCUT2D eigenvalue weighted by Gasteiger charge is -2.11. The zero-order valence-electron chi connectivity index (χ0n) is 16.5. The summed E-state index contributed by atoms with van der Waals surface area (Å²) in [4.78, 5) is 24.5. The molecule has 28 heavy (non-hydrogen) atoms. The Morgan fingerprint density at radius 3 is 2.54 bits per heavy atom. The molecule has 0 unspecified atom stereocenters. The van der Waals surface area contributed by atoms with Gasteiger partial charge >= 0.3 is 5.97 Å². The molecule has 0 aliphatic heterocycles. The number of benzene rings is 1. The summed E-state index contributed by atoms with van der Waals surface area (Å²) in [5.74, 6) is -1.05. The molecule has 1 N–H and O–H groups in total. The molecule has 0 saturated heterocycles. The number of carbonyl (C=O) groups is 1. The standard InChI is InChI=1S/C20H18FNO4.C2H6/c1-12-4-3-5-14(18(12)21)8-13-6-7-17-15(11-23)9-16(20(25)26-2)19(24)22(17)10-13;1-2/h3-7,9-10,23H,8,11H2,1-2H3;1-2H3. The number of aromatic nitrogens is 1. The number of carbonyl (C=O) groups excluding carboxylic acids is 1. The average molecular weight is 385 g/mol. The van der Waals surface area contributed by atoms with E-state index in [0.29, 0.717) is 34.2 Å². The molecule has 2 aromatic heterocycles. The van der Waals surface area contributed by atoms with Gasteiger partial charge in [-0.15, -0.1) is 0 Å². The van der Waals surface area contributed by atoms with Crippen molar-refractivity contribution in [3.63, 3.8) is 0 Å². The number of pyridine rings is 2. The van der Waals surface area contributed by atoms with Gasteiger partial charge < -0.3 is 9.84 Å². The molecule has 0 amide bonds. The van der Waals surface area contributed by atoms with Gasteiger partial charge in [-0.3, -0.25) is 9.20 Å². The van der Waals surface area contributed by atoms with Crippen molar-refractivity contribution in [3.05, 3.63) is 86.6 Å². The Balaban J connectivity index is 0.00000136. The van der Waals surface area contributed by atoms with Crippen LogP contribution >= 0.6 is 0 Å². The van der Waals surface area contributed by atoms with Gasteiger partial charge in [-0.1, -0.05) is 38.1 Å². The van der Waals surface area contributed by atoms with Crippen molar-refractivity contribution in [3.8, 4) is 0 Å². The Bertz CT molecular complexity index is 1060. The maximum atomic E-state index is 14.3. The van der Waals surface area contributed by atoms with Crippen LogP contribution < -0.4 is 5.56 Å². The Labute approximate surface area is 163 Å². The number of rotatable bonds is 4. The Morgan fingerprint density at radius 2 is 1.89 bits per heavy atom. The fraction of sp³-hybridized carbons (Fsp3) is 0.273. The minimum Gasteiger partial charge on any atom is -0.465 e. The summed E-state index contributed by atoms with van der Waals surface area (Å²) in [6, 6.07) is 9.95. The van der Waals surface area contributed by atoms with E-state index < -0.39 is 11.5 Å². The van der Waals surface area contributed by atoms with Crippen LogP contribution in [-0.2, 0) is 17.8 Å². The maximum absolute atomic E-state index is 14.3. The zero-order chi connectivity index (χ0) is 20.8. The number of fused-ring (bicyclic) bond motifs is 1. The van der Waals surface area contributed by atoms with Crippen LogP contribution in [0, 0.1) is 12.7 Å². The molecule has 0 atom stereocenters. The molecule has 0 fully saturated rings. The van der Waals surface area contributed by atoms with Crippen LogP contribution in [-0.4, -0.2) is 22.6 Å². The number of hydrogen-bond acceptors (Lipinski definition) is 4. The van der Waals surface area contributed by atoms with E-state index in [-0.39, 0.29) is 18.0 Å². The predicted octanol–water partition coefficient (Wildman–Crippen LogP) is 3.64. The highest BCUT2D eigenvalue weighted by molar-refractivity contribution is 5.89. The predicted molar refractivity (Wildman–Crippen MR) is 106 cm³/mol. The van der Waals surface area contributed by atoms with E-state index in [1.807, 2.05) is 13.8 Å². The lowest BCUT2D eigenvalue weighted by atomic mass is 10.0. The molecule has 0 aliphatic rings. The van der Waals surface area contributed by atoms with E-state index in [4.69, 9.17) is 0 Å². The number of aliphatic hydroxyl groups is 1. The third-order valence-corrected chi connectivity index (χ3v) is 4.35. The molecule has 3 rings (SSSR count). The summed E-state index contributed by atoms with van der Waals surface area (Å²) in [5, 5.41) is 9.56. The third kappa shape index (κ3) is 4.12. The molecule has 148 valence electrons. The number of methoxy groups -OCH3 is 1. The lowest BCUT2D eigenvalue weighted by Crippen LogP contribution is -2.24. The Kier molecular flexibility index (Phi) is 7.06. The molecule has 0 radical (unpaired) electrons. The van der Waals surface area contributed by atoms with E-state index in [1.165, 1.54) is 17.6 Å². The molecule has 0 spiro atoms. The first kappa shape index (κ1) is 21.3. The monoisotopic (exact) mass is 385 g/mol. The maximum Gasteiger partial charge on any atom is 0.343 e. The van der Waals surface area contributed by atoms with E-state index in [0.717, 1.165) is 0 Å². The zero-order valence-corrected chi connectivity index (χ0v) is 16.5. The second kappa shape index (κ2) is 9.28. The number of halogens is 1. The number of esters is 1. The van der Waals surface area contributed by atoms with Crippen LogP contribution in [0.5, 0.6) is 0 Å². The highest BCUT2D eigenvalue weighted by atomic mass is 19.1. The first-order valence-electron chi connectivity index (χ1n) is 9.06. The number of aliphatic hydroxyl groups excluding tert-OH is 1. The molecule has 0 aliphatic carbocycles. The summed E-state index contributed by atoms with van der Waals surface area (Å²) in [7, 11) is 1.19. The number of nitrogens with zero attached hydrogens (tertiary/aromatic N) is 1. The van der Waals surface area contributed by atoms with E-state index in [9.17, 15) is 19.1 Å². The summed E-state index contributed by atoms with van der Waals surface area (Å²) < 4.78 is 20.2. The smallest absolute Gasteiger partial charge is 0.343 e. The molecule has 0 bridgehead atoms. The molecule has 5 nitrogen and oxygen atoms in total. The molecular weight excluding hydrogens is 361 g/mol. The van der Waals surface area contributed by atoms with Crippen LogP contribution in [0.15, 0.2) is 47.4 Å². The normalized spacial score (nSPS) is 10.4. The van der Waals surface area contributed by atoms with Crippen LogP contribution in [0.1, 0.15) is 46.5 Å². The first-order valence-corrected chi connectivity index (χ1v) is 9.06. The largest absolute Gasteiger partial charge is 0.465 e. The summed E-state index contributed by atoms with van der Waals surface area (Å²) in [6.07, 6.45) is 1.86. The van der Waals surface area contributed by atoms with Crippen molar-refractivity contribution >= 4 is 11.5 Å². The first-order chi connectivity index (χ1) is 13.5. The summed E-state index contributed by atoms with van der Waals surface area (Å²) in [5.41, 5.74) is 1.98. The lowest BCUT2D eigenvalue weighted by molar-refractivity contribution is 0.0598. The van der Waals surface area contributed by atoms with Crippen molar-refractivity contribution in [1.82, 2.24) is 4.40 Å². The van der Waals surface area contributed by atoms with E-state index in [1.54, 1.807) is 43.5 Å². The van der Waals surface area contributed by atoms with Gasteiger partial charge in [-0.05, 0) is 35.7 Å². The van der Waals surface area contributed by atoms with Gasteiger partial charge in [0.1, 0.15) is 11.4 Å². The van der Waals surface area contributed by atoms with E-state index in [2.05, 4.69) is 4.74 Å². The van der Waals surface area contributed by atoms with Crippen molar-refractivity contribution in [2.75, 3.05) is 7.11 Å². The van der Waals surface area contributed by atoms with Crippen molar-refractivity contribution in [1.29, 1.82) is 0 Å². The number of ether oxygens (including phenoxy) is 1. The van der Waals surface area contributed by atoms with Crippen LogP contribution in [0.3, 0.4) is 0 Å². The van der Waals surface area contributed by atoms with Crippen LogP contribution in [0.4, 0.5) is 4.39 Å². The number of aryl methyl sites for hydroxylation is 1. The van der Waals surface area contributed by atoms with Crippen molar-refractivity contribution in [2.45, 2.75) is 33.8 Å². The van der Waals surface area contributed by atoms with Gasteiger partial charge in [0.05, 0.1) is 19.2 Å². The SMILES string of the molecule is CC.COC(=O)c1cc(CO)c2ccc(Cc3cccc(C)c3F)cn2c1=O. The molecule has 1 aromatic carbocycles. The van der Waals surface area contributed by atoms with Gasteiger partial charge in [0.15, 0.2) is 0 Å². The fourth-order valence-electron chi connectivity index (χ4n) is 2.97. The third-order valence-electron chi connectivity index (χ3n) is 4.35. The molecule has 6 heteroatoms. The van der Waals surface area contributed by atoms with Gasteiger partial charge in [-0.25, -0.2) is 9.18 Å². The van der Waals surface area contributed by atoms with Gasteiger partial charge in [0, 0.05) is 18.2 Å². The second-order valence-electron chi connectivity index (χ2n) is 6.06. The second-order valence-corrected chi connectivity index (χ2v) is 6.06. The Morgan fingerprint density at radius 1 is 1.18 bits per heavy atom. The average Bonchev–Trinajstić information content (AvgIpc) is 2.73.